The Morgan fingerprint density at radius 1 is 1.00 bits per heavy atom. The molecule has 0 unspecified atom stereocenters. The van der Waals surface area contributed by atoms with E-state index in [1.807, 2.05) is 35.6 Å². The van der Waals surface area contributed by atoms with Gasteiger partial charge in [0.2, 0.25) is 0 Å². The molecule has 3 amide bonds. The third-order valence-corrected chi connectivity index (χ3v) is 5.07. The molecular formula is C25H22ClF2N3O3. The number of carbonyl (C=O) groups is 2. The Morgan fingerprint density at radius 3 is 2.35 bits per heavy atom. The van der Waals surface area contributed by atoms with Crippen molar-refractivity contribution in [1.29, 1.82) is 0 Å². The highest BCUT2D eigenvalue weighted by atomic mass is 35.5. The summed E-state index contributed by atoms with van der Waals surface area (Å²) >= 11 is 6.28. The summed E-state index contributed by atoms with van der Waals surface area (Å²) in [5.41, 5.74) is 1.86. The van der Waals surface area contributed by atoms with Crippen molar-refractivity contribution >= 4 is 34.9 Å². The van der Waals surface area contributed by atoms with Gasteiger partial charge in [0.05, 0.1) is 5.71 Å². The second kappa shape index (κ2) is 11.9. The minimum atomic E-state index is -1.21. The lowest BCUT2D eigenvalue weighted by Crippen LogP contribution is -2.35. The summed E-state index contributed by atoms with van der Waals surface area (Å²) in [5, 5.41) is 8.82. The van der Waals surface area contributed by atoms with Crippen molar-refractivity contribution in [3.05, 3.63) is 100 Å². The Hall–Kier alpha value is -3.78. The van der Waals surface area contributed by atoms with Gasteiger partial charge in [-0.05, 0) is 36.2 Å². The van der Waals surface area contributed by atoms with E-state index in [0.717, 1.165) is 42.3 Å². The van der Waals surface area contributed by atoms with Crippen LogP contribution < -0.4 is 10.6 Å². The van der Waals surface area contributed by atoms with Gasteiger partial charge in [-0.2, -0.15) is 0 Å². The average molecular weight is 486 g/mol. The summed E-state index contributed by atoms with van der Waals surface area (Å²) in [7, 11) is 0. The molecule has 9 heteroatoms. The number of amides is 3. The maximum atomic E-state index is 13.7. The molecule has 0 saturated heterocycles. The van der Waals surface area contributed by atoms with Gasteiger partial charge in [0, 0.05) is 16.3 Å². The van der Waals surface area contributed by atoms with E-state index in [2.05, 4.69) is 17.4 Å². The Balaban J connectivity index is 1.60. The molecule has 0 heterocycles. The Kier molecular flexibility index (Phi) is 8.70. The molecule has 3 aromatic rings. The maximum absolute atomic E-state index is 13.7. The van der Waals surface area contributed by atoms with E-state index in [4.69, 9.17) is 16.4 Å². The first kappa shape index (κ1) is 24.9. The van der Waals surface area contributed by atoms with Crippen LogP contribution in [0.2, 0.25) is 5.02 Å². The van der Waals surface area contributed by atoms with Crippen LogP contribution in [0.4, 0.5) is 19.3 Å². The van der Waals surface area contributed by atoms with Gasteiger partial charge in [0.15, 0.2) is 0 Å². The van der Waals surface area contributed by atoms with Gasteiger partial charge in [0.25, 0.3) is 5.91 Å². The molecule has 0 radical (unpaired) electrons. The molecule has 0 bridgehead atoms. The molecule has 0 aliphatic heterocycles. The van der Waals surface area contributed by atoms with Crippen molar-refractivity contribution in [2.45, 2.75) is 26.4 Å². The number of imide groups is 1. The normalized spacial score (nSPS) is 11.1. The van der Waals surface area contributed by atoms with E-state index >= 15 is 0 Å². The molecule has 3 rings (SSSR count). The third kappa shape index (κ3) is 6.62. The minimum absolute atomic E-state index is 0.108. The van der Waals surface area contributed by atoms with Crippen LogP contribution in [0.5, 0.6) is 0 Å². The molecule has 0 aromatic heterocycles. The molecule has 0 fully saturated rings. The van der Waals surface area contributed by atoms with Crippen LogP contribution >= 0.6 is 11.6 Å². The van der Waals surface area contributed by atoms with Crippen molar-refractivity contribution in [1.82, 2.24) is 5.32 Å². The molecule has 0 spiro atoms. The van der Waals surface area contributed by atoms with E-state index in [0.29, 0.717) is 10.6 Å². The zero-order valence-corrected chi connectivity index (χ0v) is 19.0. The zero-order valence-electron chi connectivity index (χ0n) is 18.3. The van der Waals surface area contributed by atoms with Crippen LogP contribution in [-0.2, 0) is 11.4 Å². The van der Waals surface area contributed by atoms with Crippen LogP contribution in [0.3, 0.4) is 0 Å². The number of urea groups is 1. The second-order valence-electron chi connectivity index (χ2n) is 7.24. The molecule has 0 aliphatic carbocycles. The number of benzene rings is 3. The number of carbonyl (C=O) groups excluding carboxylic acids is 2. The van der Waals surface area contributed by atoms with Crippen molar-refractivity contribution in [2.75, 3.05) is 5.32 Å². The second-order valence-corrected chi connectivity index (χ2v) is 7.65. The maximum Gasteiger partial charge on any atom is 0.326 e. The summed E-state index contributed by atoms with van der Waals surface area (Å²) in [6, 6.07) is 16.3. The predicted molar refractivity (Wildman–Crippen MR) is 127 cm³/mol. The SMILES string of the molecule is CCCC(=NOCc1ccc(NC(=O)NC(=O)c2c(F)cccc2F)cc1Cl)c1ccccc1. The summed E-state index contributed by atoms with van der Waals surface area (Å²) in [6.07, 6.45) is 1.66. The molecule has 0 aliphatic rings. The van der Waals surface area contributed by atoms with Crippen LogP contribution in [0.1, 0.15) is 41.3 Å². The fraction of sp³-hybridized carbons (Fsp3) is 0.160. The Morgan fingerprint density at radius 2 is 1.71 bits per heavy atom. The fourth-order valence-electron chi connectivity index (χ4n) is 3.07. The summed E-state index contributed by atoms with van der Waals surface area (Å²) < 4.78 is 27.4. The van der Waals surface area contributed by atoms with Crippen LogP contribution in [0, 0.1) is 11.6 Å². The monoisotopic (exact) mass is 485 g/mol. The highest BCUT2D eigenvalue weighted by Gasteiger charge is 2.19. The number of hydrogen-bond acceptors (Lipinski definition) is 4. The van der Waals surface area contributed by atoms with Gasteiger partial charge in [-0.15, -0.1) is 0 Å². The van der Waals surface area contributed by atoms with Crippen molar-refractivity contribution < 1.29 is 23.2 Å². The van der Waals surface area contributed by atoms with Gasteiger partial charge in [-0.3, -0.25) is 10.1 Å². The van der Waals surface area contributed by atoms with Gasteiger partial charge in [-0.1, -0.05) is 72.6 Å². The van der Waals surface area contributed by atoms with Gasteiger partial charge >= 0.3 is 6.03 Å². The smallest absolute Gasteiger partial charge is 0.326 e. The lowest BCUT2D eigenvalue weighted by molar-refractivity contribution is 0.0959. The topological polar surface area (TPSA) is 79.8 Å². The molecule has 2 N–H and O–H groups in total. The minimum Gasteiger partial charge on any atom is -0.391 e. The van der Waals surface area contributed by atoms with Gasteiger partial charge < -0.3 is 10.2 Å². The lowest BCUT2D eigenvalue weighted by atomic mass is 10.1. The number of nitrogens with zero attached hydrogens (tertiary/aromatic N) is 1. The first-order chi connectivity index (χ1) is 16.4. The van der Waals surface area contributed by atoms with Gasteiger partial charge in [-0.25, -0.2) is 13.6 Å². The predicted octanol–water partition coefficient (Wildman–Crippen LogP) is 6.30. The highest BCUT2D eigenvalue weighted by Crippen LogP contribution is 2.22. The molecule has 176 valence electrons. The first-order valence-electron chi connectivity index (χ1n) is 10.5. The van der Waals surface area contributed by atoms with Crippen LogP contribution in [0.25, 0.3) is 0 Å². The number of nitrogens with one attached hydrogen (secondary N) is 2. The largest absolute Gasteiger partial charge is 0.391 e. The molecule has 6 nitrogen and oxygen atoms in total. The van der Waals surface area contributed by atoms with Crippen molar-refractivity contribution in [3.63, 3.8) is 0 Å². The lowest BCUT2D eigenvalue weighted by Gasteiger charge is -2.10. The number of hydrogen-bond donors (Lipinski definition) is 2. The van der Waals surface area contributed by atoms with Crippen molar-refractivity contribution in [3.8, 4) is 0 Å². The first-order valence-corrected chi connectivity index (χ1v) is 10.9. The fourth-order valence-corrected chi connectivity index (χ4v) is 3.31. The summed E-state index contributed by atoms with van der Waals surface area (Å²) in [5.74, 6) is -3.35. The van der Waals surface area contributed by atoms with Crippen molar-refractivity contribution in [2.24, 2.45) is 5.16 Å². The number of oxime groups is 1. The van der Waals surface area contributed by atoms with E-state index < -0.39 is 29.1 Å². The number of anilines is 1. The van der Waals surface area contributed by atoms with E-state index in [1.165, 1.54) is 6.07 Å². The molecule has 0 atom stereocenters. The molecular weight excluding hydrogens is 464 g/mol. The standard InChI is InChI=1S/C25H22ClF2N3O3/c1-2-7-22(16-8-4-3-5-9-16)31-34-15-17-12-13-18(14-19(17)26)29-25(33)30-24(32)23-20(27)10-6-11-21(23)28/h3-6,8-14H,2,7,15H2,1H3,(H2,29,30,32,33). The Bertz CT molecular complexity index is 1180. The highest BCUT2D eigenvalue weighted by molar-refractivity contribution is 6.31. The summed E-state index contributed by atoms with van der Waals surface area (Å²) in [6.45, 7) is 2.16. The number of halogens is 3. The third-order valence-electron chi connectivity index (χ3n) is 4.72. The van der Waals surface area contributed by atoms with E-state index in [-0.39, 0.29) is 12.3 Å². The molecule has 3 aromatic carbocycles. The van der Waals surface area contributed by atoms with E-state index in [1.54, 1.807) is 12.1 Å². The van der Waals surface area contributed by atoms with Gasteiger partial charge in [0.1, 0.15) is 23.8 Å². The quantitative estimate of drug-likeness (QED) is 0.290. The number of rotatable bonds is 8. The summed E-state index contributed by atoms with van der Waals surface area (Å²) in [4.78, 5) is 29.6. The molecule has 34 heavy (non-hydrogen) atoms. The van der Waals surface area contributed by atoms with Crippen LogP contribution in [-0.4, -0.2) is 17.6 Å². The van der Waals surface area contributed by atoms with Crippen LogP contribution in [0.15, 0.2) is 71.9 Å². The molecule has 0 saturated carbocycles. The zero-order chi connectivity index (χ0) is 24.5. The Labute approximate surface area is 200 Å². The average Bonchev–Trinajstić information content (AvgIpc) is 2.80. The van der Waals surface area contributed by atoms with E-state index in [9.17, 15) is 18.4 Å².